The molecule has 3 rings (SSSR count). The van der Waals surface area contributed by atoms with Crippen LogP contribution in [0.25, 0.3) is 0 Å². The topological polar surface area (TPSA) is 54.3 Å². The standard InChI is InChI=1S/C18H31N5O/c1-14(2)11-22-13-19-20-18(22)16-8-6-9-21(16)12-17(24)23-10-5-4-7-15(23)3/h13-16H,4-12H2,1-3H3/t15-,16-/m1/s1. The summed E-state index contributed by atoms with van der Waals surface area (Å²) in [6.45, 7) is 9.94. The van der Waals surface area contributed by atoms with E-state index >= 15 is 0 Å². The van der Waals surface area contributed by atoms with E-state index in [2.05, 4.69) is 45.3 Å². The van der Waals surface area contributed by atoms with Crippen LogP contribution >= 0.6 is 0 Å². The largest absolute Gasteiger partial charge is 0.339 e. The zero-order valence-corrected chi connectivity index (χ0v) is 15.3. The maximum Gasteiger partial charge on any atom is 0.237 e. The van der Waals surface area contributed by atoms with E-state index in [4.69, 9.17) is 0 Å². The molecular formula is C18H31N5O. The molecule has 2 aliphatic rings. The van der Waals surface area contributed by atoms with E-state index in [9.17, 15) is 4.79 Å². The van der Waals surface area contributed by atoms with Gasteiger partial charge in [-0.3, -0.25) is 9.69 Å². The molecule has 2 aliphatic heterocycles. The Balaban J connectivity index is 1.67. The van der Waals surface area contributed by atoms with E-state index in [1.807, 2.05) is 6.33 Å². The highest BCUT2D eigenvalue weighted by atomic mass is 16.2. The fourth-order valence-corrected chi connectivity index (χ4v) is 4.10. The summed E-state index contributed by atoms with van der Waals surface area (Å²) in [6, 6.07) is 0.618. The van der Waals surface area contributed by atoms with Crippen LogP contribution in [0.5, 0.6) is 0 Å². The minimum atomic E-state index is 0.232. The highest BCUT2D eigenvalue weighted by Gasteiger charge is 2.33. The molecule has 0 aromatic carbocycles. The lowest BCUT2D eigenvalue weighted by Crippen LogP contribution is -2.47. The van der Waals surface area contributed by atoms with Crippen LogP contribution in [-0.4, -0.2) is 56.1 Å². The molecule has 6 nitrogen and oxygen atoms in total. The van der Waals surface area contributed by atoms with Crippen molar-refractivity contribution in [3.63, 3.8) is 0 Å². The van der Waals surface area contributed by atoms with Gasteiger partial charge in [0, 0.05) is 19.1 Å². The Morgan fingerprint density at radius 2 is 2.08 bits per heavy atom. The molecule has 0 unspecified atom stereocenters. The molecule has 0 bridgehead atoms. The maximum absolute atomic E-state index is 12.8. The third-order valence-corrected chi connectivity index (χ3v) is 5.33. The number of hydrogen-bond donors (Lipinski definition) is 0. The van der Waals surface area contributed by atoms with Crippen molar-refractivity contribution in [2.45, 2.75) is 71.5 Å². The maximum atomic E-state index is 12.8. The number of carbonyl (C=O) groups excluding carboxylic acids is 1. The van der Waals surface area contributed by atoms with Crippen molar-refractivity contribution in [1.29, 1.82) is 0 Å². The van der Waals surface area contributed by atoms with E-state index in [0.717, 1.165) is 51.1 Å². The lowest BCUT2D eigenvalue weighted by Gasteiger charge is -2.35. The fourth-order valence-electron chi connectivity index (χ4n) is 4.10. The first-order valence-corrected chi connectivity index (χ1v) is 9.47. The summed E-state index contributed by atoms with van der Waals surface area (Å²) in [5.41, 5.74) is 0. The predicted molar refractivity (Wildman–Crippen MR) is 93.4 cm³/mol. The highest BCUT2D eigenvalue weighted by Crippen LogP contribution is 2.31. The van der Waals surface area contributed by atoms with Crippen LogP contribution in [0.15, 0.2) is 6.33 Å². The molecule has 0 N–H and O–H groups in total. The normalized spacial score (nSPS) is 25.6. The predicted octanol–water partition coefficient (Wildman–Crippen LogP) is 2.47. The van der Waals surface area contributed by atoms with Crippen LogP contribution in [-0.2, 0) is 11.3 Å². The fraction of sp³-hybridized carbons (Fsp3) is 0.833. The summed E-state index contributed by atoms with van der Waals surface area (Å²) >= 11 is 0. The molecule has 1 aromatic rings. The van der Waals surface area contributed by atoms with Gasteiger partial charge >= 0.3 is 0 Å². The van der Waals surface area contributed by atoms with E-state index in [1.165, 1.54) is 6.42 Å². The Hall–Kier alpha value is -1.43. The van der Waals surface area contributed by atoms with Crippen molar-refractivity contribution >= 4 is 5.91 Å². The second-order valence-corrected chi connectivity index (χ2v) is 7.80. The quantitative estimate of drug-likeness (QED) is 0.831. The summed E-state index contributed by atoms with van der Waals surface area (Å²) in [5, 5.41) is 8.51. The van der Waals surface area contributed by atoms with E-state index < -0.39 is 0 Å². The van der Waals surface area contributed by atoms with Gasteiger partial charge in [-0.15, -0.1) is 10.2 Å². The molecule has 2 fully saturated rings. The third kappa shape index (κ3) is 3.79. The first-order chi connectivity index (χ1) is 11.6. The molecule has 1 amide bonds. The monoisotopic (exact) mass is 333 g/mol. The van der Waals surface area contributed by atoms with Crippen molar-refractivity contribution < 1.29 is 4.79 Å². The number of rotatable bonds is 5. The van der Waals surface area contributed by atoms with Gasteiger partial charge in [0.1, 0.15) is 12.2 Å². The molecule has 0 radical (unpaired) electrons. The van der Waals surface area contributed by atoms with Crippen molar-refractivity contribution in [3.8, 4) is 0 Å². The van der Waals surface area contributed by atoms with Gasteiger partial charge in [0.2, 0.25) is 5.91 Å². The Morgan fingerprint density at radius 1 is 1.25 bits per heavy atom. The van der Waals surface area contributed by atoms with Gasteiger partial charge in [-0.25, -0.2) is 0 Å². The smallest absolute Gasteiger partial charge is 0.237 e. The van der Waals surface area contributed by atoms with Crippen molar-refractivity contribution in [2.75, 3.05) is 19.6 Å². The number of aromatic nitrogens is 3. The number of nitrogens with zero attached hydrogens (tertiary/aromatic N) is 5. The average Bonchev–Trinajstić information content (AvgIpc) is 3.16. The van der Waals surface area contributed by atoms with Gasteiger partial charge in [0.25, 0.3) is 0 Å². The van der Waals surface area contributed by atoms with Crippen LogP contribution in [0.2, 0.25) is 0 Å². The molecule has 3 heterocycles. The molecular weight excluding hydrogens is 302 g/mol. The van der Waals surface area contributed by atoms with E-state index in [0.29, 0.717) is 18.5 Å². The lowest BCUT2D eigenvalue weighted by atomic mass is 10.0. The van der Waals surface area contributed by atoms with Crippen molar-refractivity contribution in [1.82, 2.24) is 24.6 Å². The highest BCUT2D eigenvalue weighted by molar-refractivity contribution is 5.78. The summed E-state index contributed by atoms with van der Waals surface area (Å²) in [6.07, 6.45) is 7.55. The second kappa shape index (κ2) is 7.64. The first kappa shape index (κ1) is 17.4. The van der Waals surface area contributed by atoms with E-state index in [-0.39, 0.29) is 11.9 Å². The zero-order valence-electron chi connectivity index (χ0n) is 15.3. The van der Waals surface area contributed by atoms with Gasteiger partial charge < -0.3 is 9.47 Å². The Labute approximate surface area is 145 Å². The number of piperidine rings is 1. The Morgan fingerprint density at radius 3 is 2.83 bits per heavy atom. The summed E-state index contributed by atoms with van der Waals surface area (Å²) in [7, 11) is 0. The minimum absolute atomic E-state index is 0.232. The average molecular weight is 333 g/mol. The van der Waals surface area contributed by atoms with Gasteiger partial charge in [-0.2, -0.15) is 0 Å². The van der Waals surface area contributed by atoms with Crippen LogP contribution in [0.1, 0.15) is 64.7 Å². The van der Waals surface area contributed by atoms with Gasteiger partial charge in [0.15, 0.2) is 0 Å². The van der Waals surface area contributed by atoms with Crippen LogP contribution in [0, 0.1) is 5.92 Å². The molecule has 6 heteroatoms. The van der Waals surface area contributed by atoms with Crippen LogP contribution in [0.3, 0.4) is 0 Å². The summed E-state index contributed by atoms with van der Waals surface area (Å²) < 4.78 is 2.17. The molecule has 2 atom stereocenters. The molecule has 2 saturated heterocycles. The first-order valence-electron chi connectivity index (χ1n) is 9.47. The number of likely N-dealkylation sites (tertiary alicyclic amines) is 2. The van der Waals surface area contributed by atoms with Crippen molar-refractivity contribution in [2.24, 2.45) is 5.92 Å². The lowest BCUT2D eigenvalue weighted by molar-refractivity contribution is -0.135. The van der Waals surface area contributed by atoms with E-state index in [1.54, 1.807) is 0 Å². The molecule has 1 aromatic heterocycles. The second-order valence-electron chi connectivity index (χ2n) is 7.80. The number of carbonyl (C=O) groups is 1. The summed E-state index contributed by atoms with van der Waals surface area (Å²) in [5.74, 6) is 1.87. The SMILES string of the molecule is CC(C)Cn1cnnc1[C@H]1CCCN1CC(=O)N1CCCC[C@H]1C. The number of amides is 1. The molecule has 24 heavy (non-hydrogen) atoms. The Kier molecular flexibility index (Phi) is 5.54. The third-order valence-electron chi connectivity index (χ3n) is 5.33. The molecule has 0 aliphatic carbocycles. The molecule has 0 spiro atoms. The molecule has 0 saturated carbocycles. The van der Waals surface area contributed by atoms with Crippen molar-refractivity contribution in [3.05, 3.63) is 12.2 Å². The Bertz CT molecular complexity index is 555. The summed E-state index contributed by atoms with van der Waals surface area (Å²) in [4.78, 5) is 17.2. The minimum Gasteiger partial charge on any atom is -0.339 e. The molecule has 134 valence electrons. The van der Waals surface area contributed by atoms with Gasteiger partial charge in [0.05, 0.1) is 12.6 Å². The number of hydrogen-bond acceptors (Lipinski definition) is 4. The van der Waals surface area contributed by atoms with Gasteiger partial charge in [-0.05, 0) is 51.5 Å². The zero-order chi connectivity index (χ0) is 17.1. The van der Waals surface area contributed by atoms with Gasteiger partial charge in [-0.1, -0.05) is 13.8 Å². The van der Waals surface area contributed by atoms with Crippen LogP contribution < -0.4 is 0 Å². The van der Waals surface area contributed by atoms with Crippen LogP contribution in [0.4, 0.5) is 0 Å².